The molecule has 38 heteroatoms. The minimum Gasteiger partial charge on any atom is -0.496 e. The lowest BCUT2D eigenvalue weighted by Crippen LogP contribution is -2.25. The second kappa shape index (κ2) is 55.9. The van der Waals surface area contributed by atoms with Crippen LogP contribution in [-0.2, 0) is 100 Å². The predicted octanol–water partition coefficient (Wildman–Crippen LogP) is 15.3. The highest BCUT2D eigenvalue weighted by Gasteiger charge is 2.30. The molecule has 0 unspecified atom stereocenters. The fourth-order valence-corrected chi connectivity index (χ4v) is 17.9. The van der Waals surface area contributed by atoms with Crippen molar-refractivity contribution in [3.63, 3.8) is 0 Å². The molecule has 2 aliphatic heterocycles. The number of sulfonamides is 2. The van der Waals surface area contributed by atoms with Crippen molar-refractivity contribution in [2.45, 2.75) is 135 Å². The first kappa shape index (κ1) is 118. The molecule has 5 aliphatic rings. The number of nitrogens with two attached hydrogens (primary N) is 2. The number of nitro groups is 1. The summed E-state index contributed by atoms with van der Waals surface area (Å²) in [6.07, 6.45) is 10.4. The van der Waals surface area contributed by atoms with Crippen LogP contribution in [-0.4, -0.2) is 216 Å². The maximum Gasteiger partial charge on any atom is 0.337 e. The summed E-state index contributed by atoms with van der Waals surface area (Å²) < 4.78 is 92.1. The third-order valence-electron chi connectivity index (χ3n) is 23.2. The molecule has 3 aliphatic carbocycles. The number of pyridine rings is 1. The fraction of sp³-hybridized carbons (Fsp3) is 0.321. The highest BCUT2D eigenvalue weighted by molar-refractivity contribution is 7.89. The van der Waals surface area contributed by atoms with E-state index < -0.39 is 42.8 Å². The third kappa shape index (κ3) is 33.9. The number of aromatic amines is 1. The van der Waals surface area contributed by atoms with Crippen molar-refractivity contribution in [1.82, 2.24) is 13.6 Å². The van der Waals surface area contributed by atoms with Crippen LogP contribution < -0.4 is 65.3 Å². The molecule has 0 spiro atoms. The average molecular weight is 2060 g/mol. The van der Waals surface area contributed by atoms with Gasteiger partial charge >= 0.3 is 11.9 Å². The number of anilines is 5. The third-order valence-corrected chi connectivity index (χ3v) is 26.8. The monoisotopic (exact) mass is 2060 g/mol. The largest absolute Gasteiger partial charge is 0.496 e. The Balaban J connectivity index is 0.000000231. The summed E-state index contributed by atoms with van der Waals surface area (Å²) >= 11 is 0. The first-order valence-electron chi connectivity index (χ1n) is 46.3. The van der Waals surface area contributed by atoms with Crippen LogP contribution in [0.15, 0.2) is 203 Å². The Kier molecular flexibility index (Phi) is 44.9. The van der Waals surface area contributed by atoms with Gasteiger partial charge in [0.25, 0.3) is 11.6 Å². The van der Waals surface area contributed by atoms with Crippen LogP contribution in [0.2, 0.25) is 0 Å². The summed E-state index contributed by atoms with van der Waals surface area (Å²) in [6, 6.07) is 48.2. The molecule has 15 rings (SSSR count). The quantitative estimate of drug-likeness (QED) is 0.0105. The molecular formula is C109H127N9O27S2. The van der Waals surface area contributed by atoms with Crippen LogP contribution in [0.5, 0.6) is 40.2 Å². The number of benzene rings is 9. The number of methoxy groups -OCH3 is 8. The molecule has 10 aromatic rings. The summed E-state index contributed by atoms with van der Waals surface area (Å²) in [5.41, 5.74) is 25.6. The minimum atomic E-state index is -3.71. The van der Waals surface area contributed by atoms with E-state index in [1.165, 1.54) is 113 Å². The first-order chi connectivity index (χ1) is 69.6. The molecular weight excluding hydrogens is 1930 g/mol. The van der Waals surface area contributed by atoms with E-state index in [1.807, 2.05) is 105 Å². The molecule has 36 nitrogen and oxygen atoms in total. The van der Waals surface area contributed by atoms with Crippen LogP contribution in [0.3, 0.4) is 0 Å². The van der Waals surface area contributed by atoms with E-state index in [0.29, 0.717) is 75.5 Å². The van der Waals surface area contributed by atoms with E-state index in [4.69, 9.17) is 44.6 Å². The molecule has 2 saturated heterocycles. The number of nitrogens with zero attached hydrogens (tertiary/aromatic N) is 5. The van der Waals surface area contributed by atoms with E-state index in [2.05, 4.69) is 19.9 Å². The molecule has 147 heavy (non-hydrogen) atoms. The number of Topliss-reactive ketones (excluding diaryl/α,β-unsaturated/α-hetero) is 5. The van der Waals surface area contributed by atoms with Crippen LogP contribution in [0.1, 0.15) is 157 Å². The number of hydrogen-bond donors (Lipinski definition) is 5. The number of carbonyl (C=O) groups is 11. The highest BCUT2D eigenvalue weighted by Crippen LogP contribution is 2.40. The number of rotatable bonds is 27. The number of ketones is 8. The molecule has 1 aromatic heterocycles. The molecule has 0 atom stereocenters. The minimum absolute atomic E-state index is 0.00194. The topological polar surface area (TPSA) is 503 Å². The smallest absolute Gasteiger partial charge is 0.337 e. The lowest BCUT2D eigenvalue weighted by atomic mass is 9.90. The van der Waals surface area contributed by atoms with Gasteiger partial charge in [0.2, 0.25) is 25.6 Å². The fourth-order valence-electron chi connectivity index (χ4n) is 16.0. The number of aromatic carboxylic acids is 1. The van der Waals surface area contributed by atoms with Gasteiger partial charge in [0.1, 0.15) is 75.6 Å². The number of non-ortho nitro benzene ring substituents is 1. The van der Waals surface area contributed by atoms with Gasteiger partial charge in [-0.2, -0.15) is 0 Å². The second-order valence-corrected chi connectivity index (χ2v) is 38.9. The first-order valence-corrected chi connectivity index (χ1v) is 49.2. The van der Waals surface area contributed by atoms with Gasteiger partial charge in [-0.05, 0) is 210 Å². The van der Waals surface area contributed by atoms with Gasteiger partial charge in [0.15, 0.2) is 17.3 Å². The number of esters is 1. The van der Waals surface area contributed by atoms with Crippen molar-refractivity contribution < 1.29 is 118 Å². The Hall–Kier alpha value is -15.8. The van der Waals surface area contributed by atoms with E-state index >= 15 is 0 Å². The van der Waals surface area contributed by atoms with Crippen LogP contribution in [0, 0.1) is 17.0 Å². The lowest BCUT2D eigenvalue weighted by Gasteiger charge is -2.22. The predicted molar refractivity (Wildman–Crippen MR) is 564 cm³/mol. The van der Waals surface area contributed by atoms with Crippen molar-refractivity contribution in [2.75, 3.05) is 138 Å². The Morgan fingerprint density at radius 1 is 0.456 bits per heavy atom. The molecule has 7 N–H and O–H groups in total. The van der Waals surface area contributed by atoms with Gasteiger partial charge in [-0.1, -0.05) is 60.7 Å². The van der Waals surface area contributed by atoms with Crippen molar-refractivity contribution in [1.29, 1.82) is 0 Å². The summed E-state index contributed by atoms with van der Waals surface area (Å²) in [4.78, 5) is 153. The zero-order chi connectivity index (χ0) is 109. The van der Waals surface area contributed by atoms with Crippen LogP contribution >= 0.6 is 0 Å². The maximum atomic E-state index is 13.5. The van der Waals surface area contributed by atoms with Crippen molar-refractivity contribution in [3.8, 4) is 40.2 Å². The number of aryl methyl sites for hydroxylation is 1. The van der Waals surface area contributed by atoms with Gasteiger partial charge < -0.3 is 74.6 Å². The number of carboxylic acids is 1. The average Bonchev–Trinajstić information content (AvgIpc) is 1.78. The Labute approximate surface area is 855 Å². The number of para-hydroxylation sites is 4. The molecule has 0 radical (unpaired) electrons. The van der Waals surface area contributed by atoms with Crippen LogP contribution in [0.4, 0.5) is 34.1 Å². The molecule has 2 fully saturated rings. The van der Waals surface area contributed by atoms with E-state index in [9.17, 15) is 89.6 Å². The maximum absolute atomic E-state index is 13.5. The number of carboxylic acid groups (broad SMARTS) is 1. The number of H-pyrrole nitrogens is 1. The second-order valence-electron chi connectivity index (χ2n) is 34.6. The molecule has 0 bridgehead atoms. The molecule has 782 valence electrons. The van der Waals surface area contributed by atoms with E-state index in [-0.39, 0.29) is 117 Å². The number of nitro benzene ring substituents is 1. The van der Waals surface area contributed by atoms with Gasteiger partial charge in [0.05, 0.1) is 119 Å². The number of fused-ring (bicyclic) bond motifs is 4. The standard InChI is InChI=1S/C24H28N4O5S.C13H18N2O4S.C12H11NO4.C12H13NO2.2C12H14O3.C12H12O2.C7H9NO.C5H8O3/c1-15-11-22(29)26-23-18(15)12-16(13-21(23)33-4)25-24(30)19-14-17(34(31,32)27(2)3)7-8-20(19)28-9-5-6-10-28;1-14(2)20(18,19)10-5-6-12(11(9-10)13(16)17)15-7-3-4-8-15;1-7-3-9(14)6-11-10(7)4-8(13(15)16)5-12(11)17-2;1-7-3-9(14)6-11-10(7)4-8(13)5-12(11)15-2;2*1-9(13)7-11(14)8-10-5-3-4-6-12(10)15-2;1-8-6-9(13)7-11-10(8)4-3-5-12(11)14-2;1-9-7-5-3-2-4-6(7)8;1-4(6)3-5(7)8-2/h7-8,11-14H,5-6,9-10H2,1-4H3,(H,25,30)(H,26,29);5-6,9H,3-4,7-8H2,1-2H3,(H,16,17);3-5H,6H2,1-2H3;3-5H,6,13H2,1-2H3;2*3-6H,7-8H2,1-2H3;3-6H,7H2,1-2H3;2-5H,8H2,1H3;3H2,1-2H3. The van der Waals surface area contributed by atoms with Gasteiger partial charge in [-0.15, -0.1) is 0 Å². The summed E-state index contributed by atoms with van der Waals surface area (Å²) in [5, 5.41) is 23.7. The van der Waals surface area contributed by atoms with Crippen molar-refractivity contribution in [2.24, 2.45) is 0 Å². The summed E-state index contributed by atoms with van der Waals surface area (Å²) in [5.74, 6) is 2.15. The Morgan fingerprint density at radius 3 is 1.27 bits per heavy atom. The Morgan fingerprint density at radius 2 is 0.857 bits per heavy atom. The number of nitrogen functional groups attached to an aromatic ring is 2. The SMILES string of the molecule is CN(C)S(=O)(=O)c1ccc(N2CCCC2)c(C(=O)O)c1.COC(=O)CC(C)=O.COc1cc(N)cc2c1CC(=O)C=C2C.COc1cc(NC(=O)c2cc(S(=O)(=O)N(C)C)ccc2N2CCCC2)cc2c(C)cc(=O)[nH]c12.COc1cc([N+](=O)[O-])cc2c1CC(=O)C=C2C.COc1cccc2c1CC(=O)C=C2C.COc1ccccc1CC(=O)CC(C)=O.COc1ccccc1CC(=O)CC(C)=O.COc1ccccc1N. The van der Waals surface area contributed by atoms with Crippen molar-refractivity contribution in [3.05, 3.63) is 270 Å². The van der Waals surface area contributed by atoms with Gasteiger partial charge in [-0.25, -0.2) is 30.2 Å². The number of hydrogen-bond acceptors (Lipinski definition) is 30. The molecule has 1 amide bonds. The van der Waals surface area contributed by atoms with E-state index in [0.717, 1.165) is 144 Å². The Bertz CT molecular complexity index is 6880. The summed E-state index contributed by atoms with van der Waals surface area (Å²) in [7, 11) is 10.6. The number of ether oxygens (including phenoxy) is 8. The van der Waals surface area contributed by atoms with Gasteiger partial charge in [-0.3, -0.25) is 62.9 Å². The van der Waals surface area contributed by atoms with Gasteiger partial charge in [0, 0.05) is 161 Å². The number of allylic oxidation sites excluding steroid dienone is 6. The van der Waals surface area contributed by atoms with E-state index in [1.54, 1.807) is 109 Å². The molecule has 0 saturated carbocycles. The van der Waals surface area contributed by atoms with Crippen LogP contribution in [0.25, 0.3) is 27.6 Å². The lowest BCUT2D eigenvalue weighted by molar-refractivity contribution is -0.385. The number of amides is 1. The summed E-state index contributed by atoms with van der Waals surface area (Å²) in [6.45, 7) is 14.8. The number of nitrogens with one attached hydrogen (secondary N) is 2. The zero-order valence-electron chi connectivity index (χ0n) is 86.0. The highest BCUT2D eigenvalue weighted by atomic mass is 32.2. The number of aromatic nitrogens is 1. The molecule has 3 heterocycles. The number of carbonyl (C=O) groups excluding carboxylic acids is 10. The molecule has 9 aromatic carbocycles. The zero-order valence-corrected chi connectivity index (χ0v) is 87.6. The normalized spacial score (nSPS) is 12.9. The van der Waals surface area contributed by atoms with Crippen molar-refractivity contribution >= 4 is 146 Å².